The molecular formula is C44H49N7O4. The zero-order valence-electron chi connectivity index (χ0n) is 32.4. The van der Waals surface area contributed by atoms with Crippen molar-refractivity contribution in [3.05, 3.63) is 119 Å². The molecule has 6 aromatic rings. The number of aryl methyl sites for hydroxylation is 2. The number of benzene rings is 3. The van der Waals surface area contributed by atoms with Crippen LogP contribution in [0.1, 0.15) is 67.6 Å². The highest BCUT2D eigenvalue weighted by molar-refractivity contribution is 5.96. The molecule has 0 atom stereocenters. The summed E-state index contributed by atoms with van der Waals surface area (Å²) in [6.45, 7) is 9.53. The Morgan fingerprint density at radius 3 is 2.18 bits per heavy atom. The van der Waals surface area contributed by atoms with Crippen LogP contribution in [0.3, 0.4) is 0 Å². The number of carbonyl (C=O) groups excluding carboxylic acids is 1. The van der Waals surface area contributed by atoms with Gasteiger partial charge in [-0.05, 0) is 69.0 Å². The summed E-state index contributed by atoms with van der Waals surface area (Å²) in [5.74, 6) is 1.30. The van der Waals surface area contributed by atoms with Gasteiger partial charge in [0.1, 0.15) is 24.5 Å². The van der Waals surface area contributed by atoms with Crippen molar-refractivity contribution in [2.24, 2.45) is 14.1 Å². The monoisotopic (exact) mass is 739 g/mol. The van der Waals surface area contributed by atoms with E-state index in [1.54, 1.807) is 0 Å². The first-order valence-corrected chi connectivity index (χ1v) is 19.2. The average Bonchev–Trinajstić information content (AvgIpc) is 3.71. The lowest BCUT2D eigenvalue weighted by molar-refractivity contribution is 0.0222. The first kappa shape index (κ1) is 36.2. The van der Waals surface area contributed by atoms with Gasteiger partial charge in [-0.25, -0.2) is 4.79 Å². The van der Waals surface area contributed by atoms with Crippen molar-refractivity contribution in [1.29, 1.82) is 0 Å². The number of hydrogen-bond acceptors (Lipinski definition) is 8. The summed E-state index contributed by atoms with van der Waals surface area (Å²) < 4.78 is 22.2. The fourth-order valence-corrected chi connectivity index (χ4v) is 7.74. The molecular weight excluding hydrogens is 691 g/mol. The first-order chi connectivity index (χ1) is 26.6. The van der Waals surface area contributed by atoms with Gasteiger partial charge in [0.2, 0.25) is 11.8 Å². The number of rotatable bonds is 9. The summed E-state index contributed by atoms with van der Waals surface area (Å²) in [4.78, 5) is 22.1. The summed E-state index contributed by atoms with van der Waals surface area (Å²) in [7, 11) is 4.02. The number of ether oxygens (including phenoxy) is 3. The van der Waals surface area contributed by atoms with Crippen molar-refractivity contribution in [3.8, 4) is 23.0 Å². The first-order valence-electron chi connectivity index (χ1n) is 19.2. The second-order valence-corrected chi connectivity index (χ2v) is 15.6. The number of carbonyl (C=O) groups is 1. The molecule has 3 aromatic carbocycles. The molecule has 11 heteroatoms. The van der Waals surface area contributed by atoms with Gasteiger partial charge in [0.05, 0.1) is 23.3 Å². The van der Waals surface area contributed by atoms with E-state index in [-0.39, 0.29) is 6.09 Å². The summed E-state index contributed by atoms with van der Waals surface area (Å²) >= 11 is 0. The lowest BCUT2D eigenvalue weighted by Crippen LogP contribution is -2.40. The smallest absolute Gasteiger partial charge is 0.410 e. The number of nitrogens with zero attached hydrogens (tertiary/aromatic N) is 7. The van der Waals surface area contributed by atoms with Gasteiger partial charge in [0, 0.05) is 74.5 Å². The van der Waals surface area contributed by atoms with Gasteiger partial charge in [-0.3, -0.25) is 9.36 Å². The van der Waals surface area contributed by atoms with E-state index in [4.69, 9.17) is 29.4 Å². The molecule has 3 aromatic heterocycles. The van der Waals surface area contributed by atoms with Crippen LogP contribution in [0.15, 0.2) is 91.0 Å². The van der Waals surface area contributed by atoms with E-state index in [1.165, 1.54) is 16.9 Å². The number of fused-ring (bicyclic) bond motifs is 2. The summed E-state index contributed by atoms with van der Waals surface area (Å²) in [6, 6.07) is 30.6. The summed E-state index contributed by atoms with van der Waals surface area (Å²) in [5, 5.41) is 11.1. The zero-order chi connectivity index (χ0) is 38.1. The average molecular weight is 740 g/mol. The SMILES string of the molecule is Cn1nc(C2CCN(c3ccc4c(-c5ccc(OCc6ccccc6)nc5OCc5ccccc5)nn(C)c4c3)CC2)c2c1CCN(C(=O)OC(C)(C)C)C2. The maximum Gasteiger partial charge on any atom is 0.410 e. The van der Waals surface area contributed by atoms with Gasteiger partial charge < -0.3 is 24.0 Å². The molecule has 1 saturated heterocycles. The van der Waals surface area contributed by atoms with Crippen LogP contribution in [0.4, 0.5) is 10.5 Å². The minimum absolute atomic E-state index is 0.256. The Bertz CT molecular complexity index is 2290. The Balaban J connectivity index is 0.999. The van der Waals surface area contributed by atoms with Crippen molar-refractivity contribution >= 4 is 22.7 Å². The largest absolute Gasteiger partial charge is 0.473 e. The Hall–Kier alpha value is -5.84. The number of piperidine rings is 1. The topological polar surface area (TPSA) is 99.8 Å². The summed E-state index contributed by atoms with van der Waals surface area (Å²) in [5.41, 5.74) is 8.98. The fourth-order valence-electron chi connectivity index (χ4n) is 7.74. The Morgan fingerprint density at radius 1 is 0.800 bits per heavy atom. The normalized spacial score (nSPS) is 14.9. The Kier molecular flexibility index (Phi) is 9.94. The quantitative estimate of drug-likeness (QED) is 0.146. The molecule has 0 saturated carbocycles. The van der Waals surface area contributed by atoms with Gasteiger partial charge in [-0.1, -0.05) is 60.7 Å². The van der Waals surface area contributed by atoms with Crippen LogP contribution in [0.2, 0.25) is 0 Å². The van der Waals surface area contributed by atoms with E-state index in [1.807, 2.05) is 122 Å². The molecule has 5 heterocycles. The molecule has 0 bridgehead atoms. The predicted molar refractivity (Wildman–Crippen MR) is 213 cm³/mol. The minimum Gasteiger partial charge on any atom is -0.473 e. The van der Waals surface area contributed by atoms with Gasteiger partial charge in [-0.2, -0.15) is 15.2 Å². The highest BCUT2D eigenvalue weighted by Crippen LogP contribution is 2.39. The molecule has 1 amide bonds. The number of hydrogen-bond donors (Lipinski definition) is 0. The van der Waals surface area contributed by atoms with Crippen LogP contribution in [0.5, 0.6) is 11.8 Å². The van der Waals surface area contributed by atoms with Gasteiger partial charge >= 0.3 is 6.09 Å². The Morgan fingerprint density at radius 2 is 1.49 bits per heavy atom. The summed E-state index contributed by atoms with van der Waals surface area (Å²) in [6.07, 6.45) is 2.49. The van der Waals surface area contributed by atoms with Crippen LogP contribution in [0, 0.1) is 0 Å². The van der Waals surface area contributed by atoms with Gasteiger partial charge in [-0.15, -0.1) is 0 Å². The molecule has 8 rings (SSSR count). The molecule has 1 fully saturated rings. The molecule has 0 spiro atoms. The molecule has 0 aliphatic carbocycles. The maximum absolute atomic E-state index is 12.9. The van der Waals surface area contributed by atoms with Crippen molar-refractivity contribution in [1.82, 2.24) is 29.4 Å². The highest BCUT2D eigenvalue weighted by atomic mass is 16.6. The molecule has 2 aliphatic heterocycles. The van der Waals surface area contributed by atoms with Crippen LogP contribution in [-0.4, -0.2) is 60.8 Å². The third-order valence-electron chi connectivity index (χ3n) is 10.5. The minimum atomic E-state index is -0.525. The van der Waals surface area contributed by atoms with E-state index >= 15 is 0 Å². The number of anilines is 1. The van der Waals surface area contributed by atoms with Crippen LogP contribution in [0.25, 0.3) is 22.2 Å². The zero-order valence-corrected chi connectivity index (χ0v) is 32.4. The third-order valence-corrected chi connectivity index (χ3v) is 10.5. The molecule has 284 valence electrons. The molecule has 55 heavy (non-hydrogen) atoms. The standard InChI is InChI=1S/C44H49N7O4/c1-44(2,3)55-43(52)51-25-22-37-36(27-51)40(46-48(37)4)32-20-23-50(24-21-32)33-16-17-34-38(26-33)49(5)47-41(34)35-18-19-39(53-28-30-12-8-6-9-13-30)45-42(35)54-29-31-14-10-7-11-15-31/h6-19,26,32H,20-25,27-29H2,1-5H3. The third kappa shape index (κ3) is 7.87. The molecule has 0 radical (unpaired) electrons. The van der Waals surface area contributed by atoms with Crippen LogP contribution < -0.4 is 14.4 Å². The van der Waals surface area contributed by atoms with Gasteiger partial charge in [0.25, 0.3) is 0 Å². The molecule has 0 N–H and O–H groups in total. The van der Waals surface area contributed by atoms with Crippen LogP contribution >= 0.6 is 0 Å². The van der Waals surface area contributed by atoms with Crippen molar-refractivity contribution in [3.63, 3.8) is 0 Å². The molecule has 11 nitrogen and oxygen atoms in total. The lowest BCUT2D eigenvalue weighted by Gasteiger charge is -2.34. The molecule has 0 unspecified atom stereocenters. The van der Waals surface area contributed by atoms with Crippen molar-refractivity contribution < 1.29 is 19.0 Å². The van der Waals surface area contributed by atoms with Crippen molar-refractivity contribution in [2.75, 3.05) is 24.5 Å². The van der Waals surface area contributed by atoms with E-state index in [0.717, 1.165) is 71.3 Å². The van der Waals surface area contributed by atoms with E-state index in [0.29, 0.717) is 44.0 Å². The second kappa shape index (κ2) is 15.1. The van der Waals surface area contributed by atoms with Gasteiger partial charge in [0.15, 0.2) is 0 Å². The maximum atomic E-state index is 12.9. The van der Waals surface area contributed by atoms with E-state index in [2.05, 4.69) is 23.1 Å². The number of amides is 1. The lowest BCUT2D eigenvalue weighted by atomic mass is 9.89. The van der Waals surface area contributed by atoms with Crippen molar-refractivity contribution in [2.45, 2.75) is 71.3 Å². The predicted octanol–water partition coefficient (Wildman–Crippen LogP) is 8.20. The number of aromatic nitrogens is 5. The Labute approximate surface area is 322 Å². The van der Waals surface area contributed by atoms with Crippen LogP contribution in [-0.2, 0) is 45.0 Å². The van der Waals surface area contributed by atoms with E-state index < -0.39 is 5.60 Å². The number of pyridine rings is 1. The second-order valence-electron chi connectivity index (χ2n) is 15.6. The van der Waals surface area contributed by atoms with E-state index in [9.17, 15) is 4.79 Å². The fraction of sp³-hybridized carbons (Fsp3) is 0.364. The highest BCUT2D eigenvalue weighted by Gasteiger charge is 2.33. The molecule has 2 aliphatic rings.